The predicted octanol–water partition coefficient (Wildman–Crippen LogP) is 4.10. The molecule has 1 aromatic heterocycles. The number of hydrogen-bond acceptors (Lipinski definition) is 4. The zero-order chi connectivity index (χ0) is 19.9. The highest BCUT2D eigenvalue weighted by Crippen LogP contribution is 2.22. The highest BCUT2D eigenvalue weighted by Gasteiger charge is 2.16. The minimum Gasteiger partial charge on any atom is -0.497 e. The van der Waals surface area contributed by atoms with Crippen molar-refractivity contribution < 1.29 is 14.3 Å². The van der Waals surface area contributed by atoms with E-state index in [4.69, 9.17) is 14.5 Å². The molecule has 1 amide bonds. The molecule has 2 aromatic carbocycles. The number of rotatable bonds is 9. The van der Waals surface area contributed by atoms with Crippen molar-refractivity contribution >= 4 is 16.9 Å². The molecule has 0 saturated carbocycles. The number of ether oxygens (including phenoxy) is 2. The van der Waals surface area contributed by atoms with Crippen LogP contribution in [0.15, 0.2) is 48.5 Å². The Morgan fingerprint density at radius 2 is 1.82 bits per heavy atom. The third kappa shape index (κ3) is 4.82. The molecule has 0 radical (unpaired) electrons. The third-order valence-corrected chi connectivity index (χ3v) is 4.60. The minimum absolute atomic E-state index is 0.0565. The van der Waals surface area contributed by atoms with Crippen LogP contribution in [0, 0.1) is 0 Å². The third-order valence-electron chi connectivity index (χ3n) is 4.60. The molecule has 0 aliphatic carbocycles. The fourth-order valence-electron chi connectivity index (χ4n) is 3.26. The van der Waals surface area contributed by atoms with Gasteiger partial charge in [0.25, 0.3) is 0 Å². The van der Waals surface area contributed by atoms with Crippen molar-refractivity contribution in [3.05, 3.63) is 54.4 Å². The summed E-state index contributed by atoms with van der Waals surface area (Å²) in [6.07, 6.45) is 1.88. The van der Waals surface area contributed by atoms with Crippen molar-refractivity contribution in [1.82, 2.24) is 14.9 Å². The van der Waals surface area contributed by atoms with Gasteiger partial charge in [-0.2, -0.15) is 0 Å². The first-order valence-corrected chi connectivity index (χ1v) is 9.57. The highest BCUT2D eigenvalue weighted by atomic mass is 16.5. The lowest BCUT2D eigenvalue weighted by atomic mass is 10.2. The number of amides is 1. The van der Waals surface area contributed by atoms with Gasteiger partial charge in [-0.3, -0.25) is 4.79 Å². The van der Waals surface area contributed by atoms with E-state index in [1.807, 2.05) is 49.4 Å². The fraction of sp³-hybridized carbons (Fsp3) is 0.364. The van der Waals surface area contributed by atoms with Crippen molar-refractivity contribution in [2.45, 2.75) is 39.3 Å². The number of carbonyl (C=O) groups excluding carboxylic acids is 1. The Bertz CT molecular complexity index is 918. The molecule has 6 nitrogen and oxygen atoms in total. The molecule has 0 spiro atoms. The Labute approximate surface area is 165 Å². The van der Waals surface area contributed by atoms with E-state index in [2.05, 4.69) is 16.0 Å². The summed E-state index contributed by atoms with van der Waals surface area (Å²) in [5.41, 5.74) is 2.04. The van der Waals surface area contributed by atoms with Crippen LogP contribution in [0.25, 0.3) is 11.0 Å². The number of aryl methyl sites for hydroxylation is 1. The number of nitrogens with one attached hydrogen (secondary N) is 1. The quantitative estimate of drug-likeness (QED) is 0.567. The second kappa shape index (κ2) is 9.26. The van der Waals surface area contributed by atoms with E-state index in [1.165, 1.54) is 6.92 Å². The summed E-state index contributed by atoms with van der Waals surface area (Å²) in [6.45, 7) is 4.97. The van der Waals surface area contributed by atoms with Crippen LogP contribution in [0.5, 0.6) is 11.5 Å². The number of methoxy groups -OCH3 is 1. The molecule has 3 rings (SSSR count). The molecule has 0 saturated heterocycles. The van der Waals surface area contributed by atoms with Gasteiger partial charge in [-0.05, 0) is 56.2 Å². The van der Waals surface area contributed by atoms with E-state index >= 15 is 0 Å². The number of imidazole rings is 1. The normalized spacial score (nSPS) is 12.0. The SMILES string of the molecule is COc1ccc(OCCCCn2c(C(C)NC(C)=O)nc3ccccc32)cc1. The Morgan fingerprint density at radius 1 is 1.11 bits per heavy atom. The van der Waals surface area contributed by atoms with Crippen LogP contribution >= 0.6 is 0 Å². The number of para-hydroxylation sites is 2. The molecule has 1 heterocycles. The van der Waals surface area contributed by atoms with Gasteiger partial charge in [0.15, 0.2) is 0 Å². The van der Waals surface area contributed by atoms with Gasteiger partial charge in [-0.1, -0.05) is 12.1 Å². The van der Waals surface area contributed by atoms with Crippen LogP contribution in [-0.2, 0) is 11.3 Å². The van der Waals surface area contributed by atoms with Crippen molar-refractivity contribution in [1.29, 1.82) is 0 Å². The molecule has 28 heavy (non-hydrogen) atoms. The second-order valence-electron chi connectivity index (χ2n) is 6.76. The number of hydrogen-bond donors (Lipinski definition) is 1. The number of carbonyl (C=O) groups is 1. The molecule has 6 heteroatoms. The monoisotopic (exact) mass is 381 g/mol. The summed E-state index contributed by atoms with van der Waals surface area (Å²) in [4.78, 5) is 16.2. The predicted molar refractivity (Wildman–Crippen MR) is 110 cm³/mol. The van der Waals surface area contributed by atoms with E-state index in [0.29, 0.717) is 6.61 Å². The highest BCUT2D eigenvalue weighted by molar-refractivity contribution is 5.77. The number of benzene rings is 2. The Hall–Kier alpha value is -3.02. The van der Waals surface area contributed by atoms with Gasteiger partial charge in [0.2, 0.25) is 5.91 Å². The first kappa shape index (κ1) is 19.7. The number of fused-ring (bicyclic) bond motifs is 1. The lowest BCUT2D eigenvalue weighted by molar-refractivity contribution is -0.119. The maximum Gasteiger partial charge on any atom is 0.217 e. The van der Waals surface area contributed by atoms with Gasteiger partial charge in [-0.25, -0.2) is 4.98 Å². The number of aromatic nitrogens is 2. The van der Waals surface area contributed by atoms with Crippen LogP contribution in [0.2, 0.25) is 0 Å². The van der Waals surface area contributed by atoms with Crippen molar-refractivity contribution in [2.75, 3.05) is 13.7 Å². The summed E-state index contributed by atoms with van der Waals surface area (Å²) in [7, 11) is 1.65. The van der Waals surface area contributed by atoms with Crippen LogP contribution in [0.3, 0.4) is 0 Å². The average molecular weight is 381 g/mol. The zero-order valence-corrected chi connectivity index (χ0v) is 16.6. The molecule has 0 fully saturated rings. The van der Waals surface area contributed by atoms with Crippen LogP contribution < -0.4 is 14.8 Å². The van der Waals surface area contributed by atoms with E-state index in [0.717, 1.165) is 47.7 Å². The number of unbranched alkanes of at least 4 members (excludes halogenated alkanes) is 1. The van der Waals surface area contributed by atoms with Gasteiger partial charge in [0.1, 0.15) is 17.3 Å². The van der Waals surface area contributed by atoms with Crippen molar-refractivity contribution in [3.8, 4) is 11.5 Å². The molecule has 1 unspecified atom stereocenters. The lowest BCUT2D eigenvalue weighted by Crippen LogP contribution is -2.26. The summed E-state index contributed by atoms with van der Waals surface area (Å²) in [5, 5.41) is 2.94. The zero-order valence-electron chi connectivity index (χ0n) is 16.6. The molecule has 0 bridgehead atoms. The first-order chi connectivity index (χ1) is 13.6. The van der Waals surface area contributed by atoms with Crippen LogP contribution in [-0.4, -0.2) is 29.2 Å². The summed E-state index contributed by atoms with van der Waals surface area (Å²) >= 11 is 0. The Morgan fingerprint density at radius 3 is 2.54 bits per heavy atom. The fourth-order valence-corrected chi connectivity index (χ4v) is 3.26. The molecular formula is C22H27N3O3. The van der Waals surface area contributed by atoms with E-state index in [1.54, 1.807) is 7.11 Å². The van der Waals surface area contributed by atoms with Gasteiger partial charge >= 0.3 is 0 Å². The van der Waals surface area contributed by atoms with Gasteiger partial charge in [0, 0.05) is 13.5 Å². The summed E-state index contributed by atoms with van der Waals surface area (Å²) in [6, 6.07) is 15.5. The molecule has 0 aliphatic heterocycles. The molecule has 1 N–H and O–H groups in total. The summed E-state index contributed by atoms with van der Waals surface area (Å²) < 4.78 is 13.2. The van der Waals surface area contributed by atoms with E-state index < -0.39 is 0 Å². The molecule has 3 aromatic rings. The molecule has 1 atom stereocenters. The maximum absolute atomic E-state index is 11.5. The summed E-state index contributed by atoms with van der Waals surface area (Å²) in [5.74, 6) is 2.49. The Kier molecular flexibility index (Phi) is 6.53. The molecule has 0 aliphatic rings. The molecule has 148 valence electrons. The van der Waals surface area contributed by atoms with Crippen LogP contribution in [0.1, 0.15) is 38.6 Å². The van der Waals surface area contributed by atoms with E-state index in [9.17, 15) is 4.79 Å². The number of nitrogens with zero attached hydrogens (tertiary/aromatic N) is 2. The van der Waals surface area contributed by atoms with E-state index in [-0.39, 0.29) is 11.9 Å². The Balaban J connectivity index is 1.60. The topological polar surface area (TPSA) is 65.4 Å². The van der Waals surface area contributed by atoms with Crippen molar-refractivity contribution in [2.24, 2.45) is 0 Å². The standard InChI is InChI=1S/C22H27N3O3/c1-16(23-17(2)26)22-24-20-8-4-5-9-21(20)25(22)14-6-7-15-28-19-12-10-18(27-3)11-13-19/h4-5,8-13,16H,6-7,14-15H2,1-3H3,(H,23,26). The van der Waals surface area contributed by atoms with Crippen molar-refractivity contribution in [3.63, 3.8) is 0 Å². The van der Waals surface area contributed by atoms with Gasteiger partial charge in [-0.15, -0.1) is 0 Å². The maximum atomic E-state index is 11.5. The first-order valence-electron chi connectivity index (χ1n) is 9.57. The van der Waals surface area contributed by atoms with Gasteiger partial charge in [0.05, 0.1) is 30.8 Å². The van der Waals surface area contributed by atoms with Crippen LogP contribution in [0.4, 0.5) is 0 Å². The average Bonchev–Trinajstić information content (AvgIpc) is 3.06. The lowest BCUT2D eigenvalue weighted by Gasteiger charge is -2.15. The second-order valence-corrected chi connectivity index (χ2v) is 6.76. The smallest absolute Gasteiger partial charge is 0.217 e. The minimum atomic E-state index is -0.138. The largest absolute Gasteiger partial charge is 0.497 e. The molecular weight excluding hydrogens is 354 g/mol. The van der Waals surface area contributed by atoms with Gasteiger partial charge < -0.3 is 19.4 Å².